The van der Waals surface area contributed by atoms with E-state index in [-0.39, 0.29) is 32.3 Å². The lowest BCUT2D eigenvalue weighted by Gasteiger charge is -2.33. The number of rotatable bonds is 9. The average molecular weight is 483 g/mol. The fraction of sp³-hybridized carbons (Fsp3) is 0.423. The lowest BCUT2D eigenvalue weighted by molar-refractivity contribution is -0.157. The highest BCUT2D eigenvalue weighted by molar-refractivity contribution is 5.86. The van der Waals surface area contributed by atoms with Gasteiger partial charge in [-0.1, -0.05) is 48.5 Å². The first kappa shape index (κ1) is 24.7. The van der Waals surface area contributed by atoms with Crippen LogP contribution in [0.25, 0.3) is 11.1 Å². The number of carbonyl (C=O) groups excluding carboxylic acids is 2. The van der Waals surface area contributed by atoms with E-state index >= 15 is 0 Å². The SMILES string of the molecule is COC[C@H](NC(=O)OCC1c2ccccc2-c2ccccc21)C(=O)NCC1(C(=O)O)CCCOC1. The zero-order valence-electron chi connectivity index (χ0n) is 19.6. The highest BCUT2D eigenvalue weighted by atomic mass is 16.5. The average Bonchev–Trinajstić information content (AvgIpc) is 3.20. The fourth-order valence-corrected chi connectivity index (χ4v) is 4.75. The van der Waals surface area contributed by atoms with Crippen LogP contribution in [-0.4, -0.2) is 69.2 Å². The van der Waals surface area contributed by atoms with Gasteiger partial charge in [0.25, 0.3) is 0 Å². The summed E-state index contributed by atoms with van der Waals surface area (Å²) >= 11 is 0. The number of aliphatic carboxylic acids is 1. The molecule has 186 valence electrons. The maximum Gasteiger partial charge on any atom is 0.407 e. The number of amides is 2. The van der Waals surface area contributed by atoms with Crippen LogP contribution in [0, 0.1) is 5.41 Å². The normalized spacial score (nSPS) is 19.8. The largest absolute Gasteiger partial charge is 0.481 e. The molecular weight excluding hydrogens is 452 g/mol. The Morgan fingerprint density at radius 3 is 2.34 bits per heavy atom. The molecule has 0 spiro atoms. The van der Waals surface area contributed by atoms with Crippen molar-refractivity contribution in [3.63, 3.8) is 0 Å². The van der Waals surface area contributed by atoms with Gasteiger partial charge in [0, 0.05) is 26.2 Å². The Bertz CT molecular complexity index is 1040. The molecule has 0 bridgehead atoms. The summed E-state index contributed by atoms with van der Waals surface area (Å²) in [5.41, 5.74) is 3.22. The maximum absolute atomic E-state index is 12.8. The molecule has 0 radical (unpaired) electrons. The van der Waals surface area contributed by atoms with Crippen molar-refractivity contribution >= 4 is 18.0 Å². The first-order valence-electron chi connectivity index (χ1n) is 11.6. The van der Waals surface area contributed by atoms with Crippen LogP contribution in [0.2, 0.25) is 0 Å². The third-order valence-corrected chi connectivity index (χ3v) is 6.66. The molecule has 1 unspecified atom stereocenters. The van der Waals surface area contributed by atoms with Crippen LogP contribution < -0.4 is 10.6 Å². The molecule has 3 N–H and O–H groups in total. The number of fused-ring (bicyclic) bond motifs is 3. The second kappa shape index (κ2) is 10.9. The Kier molecular flexibility index (Phi) is 7.67. The molecule has 1 saturated heterocycles. The van der Waals surface area contributed by atoms with E-state index in [1.165, 1.54) is 7.11 Å². The third kappa shape index (κ3) is 5.31. The number of carbonyl (C=O) groups is 3. The molecule has 2 amide bonds. The minimum Gasteiger partial charge on any atom is -0.481 e. The van der Waals surface area contributed by atoms with Gasteiger partial charge in [0.05, 0.1) is 13.2 Å². The molecule has 1 aliphatic heterocycles. The van der Waals surface area contributed by atoms with Crippen molar-refractivity contribution in [3.8, 4) is 11.1 Å². The topological polar surface area (TPSA) is 123 Å². The van der Waals surface area contributed by atoms with Crippen LogP contribution in [-0.2, 0) is 23.8 Å². The van der Waals surface area contributed by atoms with Crippen LogP contribution in [0.5, 0.6) is 0 Å². The van der Waals surface area contributed by atoms with Gasteiger partial charge in [-0.15, -0.1) is 0 Å². The minimum absolute atomic E-state index is 0.0252. The Balaban J connectivity index is 1.36. The van der Waals surface area contributed by atoms with Gasteiger partial charge in [-0.05, 0) is 35.1 Å². The monoisotopic (exact) mass is 482 g/mol. The predicted octanol–water partition coefficient (Wildman–Crippen LogP) is 2.54. The van der Waals surface area contributed by atoms with Gasteiger partial charge in [0.1, 0.15) is 18.1 Å². The molecule has 1 aliphatic carbocycles. The highest BCUT2D eigenvalue weighted by Crippen LogP contribution is 2.44. The molecule has 2 aliphatic rings. The smallest absolute Gasteiger partial charge is 0.407 e. The standard InChI is InChI=1S/C26H30N2O7/c1-33-14-22(23(29)27-15-26(24(30)31)11-6-12-34-16-26)28-25(32)35-13-21-19-9-4-2-7-17(19)18-8-3-5-10-20(18)21/h2-5,7-10,21-22H,6,11-16H2,1H3,(H,27,29)(H,28,32)(H,30,31)/t22-,26?/m0/s1. The Morgan fingerprint density at radius 1 is 1.11 bits per heavy atom. The van der Waals surface area contributed by atoms with Crippen LogP contribution in [0.1, 0.15) is 29.9 Å². The van der Waals surface area contributed by atoms with Crippen molar-refractivity contribution in [2.75, 3.05) is 40.1 Å². The minimum atomic E-state index is -1.19. The Labute approximate surface area is 203 Å². The van der Waals surface area contributed by atoms with Crippen molar-refractivity contribution in [2.24, 2.45) is 5.41 Å². The molecule has 9 heteroatoms. The predicted molar refractivity (Wildman–Crippen MR) is 127 cm³/mol. The van der Waals surface area contributed by atoms with Crippen LogP contribution >= 0.6 is 0 Å². The van der Waals surface area contributed by atoms with Crippen LogP contribution in [0.3, 0.4) is 0 Å². The van der Waals surface area contributed by atoms with E-state index < -0.39 is 29.4 Å². The van der Waals surface area contributed by atoms with E-state index in [1.54, 1.807) is 0 Å². The number of ether oxygens (including phenoxy) is 3. The van der Waals surface area contributed by atoms with Gasteiger partial charge in [-0.3, -0.25) is 9.59 Å². The molecule has 0 saturated carbocycles. The van der Waals surface area contributed by atoms with E-state index in [0.717, 1.165) is 22.3 Å². The number of nitrogens with one attached hydrogen (secondary N) is 2. The number of alkyl carbamates (subject to hydrolysis) is 1. The summed E-state index contributed by atoms with van der Waals surface area (Å²) in [6.45, 7) is 0.441. The first-order chi connectivity index (χ1) is 16.9. The molecule has 2 aromatic rings. The molecular formula is C26H30N2O7. The quantitative estimate of drug-likeness (QED) is 0.502. The summed E-state index contributed by atoms with van der Waals surface area (Å²) in [5.74, 6) is -1.68. The van der Waals surface area contributed by atoms with Gasteiger partial charge in [-0.2, -0.15) is 0 Å². The zero-order valence-corrected chi connectivity index (χ0v) is 19.6. The second-order valence-electron chi connectivity index (χ2n) is 8.94. The van der Waals surface area contributed by atoms with Gasteiger partial charge >= 0.3 is 12.1 Å². The molecule has 2 atom stereocenters. The highest BCUT2D eigenvalue weighted by Gasteiger charge is 2.41. The molecule has 35 heavy (non-hydrogen) atoms. The van der Waals surface area contributed by atoms with Gasteiger partial charge in [0.2, 0.25) is 5.91 Å². The summed E-state index contributed by atoms with van der Waals surface area (Å²) in [4.78, 5) is 37.2. The van der Waals surface area contributed by atoms with Gasteiger partial charge in [-0.25, -0.2) is 4.79 Å². The summed E-state index contributed by atoms with van der Waals surface area (Å²) in [6.07, 6.45) is 0.247. The van der Waals surface area contributed by atoms with E-state index in [9.17, 15) is 19.5 Å². The Morgan fingerprint density at radius 2 is 1.77 bits per heavy atom. The second-order valence-corrected chi connectivity index (χ2v) is 8.94. The van der Waals surface area contributed by atoms with Crippen molar-refractivity contribution in [1.82, 2.24) is 10.6 Å². The number of hydrogen-bond donors (Lipinski definition) is 3. The van der Waals surface area contributed by atoms with E-state index in [1.807, 2.05) is 36.4 Å². The zero-order chi connectivity index (χ0) is 24.8. The van der Waals surface area contributed by atoms with E-state index in [0.29, 0.717) is 19.4 Å². The molecule has 0 aromatic heterocycles. The maximum atomic E-state index is 12.8. The lowest BCUT2D eigenvalue weighted by Crippen LogP contribution is -2.54. The van der Waals surface area contributed by atoms with Crippen LogP contribution in [0.4, 0.5) is 4.79 Å². The van der Waals surface area contributed by atoms with Gasteiger partial charge < -0.3 is 30.0 Å². The lowest BCUT2D eigenvalue weighted by atomic mass is 9.82. The van der Waals surface area contributed by atoms with E-state index in [2.05, 4.69) is 22.8 Å². The summed E-state index contributed by atoms with van der Waals surface area (Å²) < 4.78 is 15.9. The number of carboxylic acids is 1. The van der Waals surface area contributed by atoms with Crippen molar-refractivity contribution in [2.45, 2.75) is 24.8 Å². The molecule has 1 fully saturated rings. The number of hydrogen-bond acceptors (Lipinski definition) is 6. The summed E-state index contributed by atoms with van der Waals surface area (Å²) in [5, 5.41) is 14.8. The number of benzene rings is 2. The molecule has 2 aromatic carbocycles. The molecule has 1 heterocycles. The molecule has 9 nitrogen and oxygen atoms in total. The van der Waals surface area contributed by atoms with Crippen molar-refractivity contribution in [1.29, 1.82) is 0 Å². The van der Waals surface area contributed by atoms with Crippen LogP contribution in [0.15, 0.2) is 48.5 Å². The van der Waals surface area contributed by atoms with Crippen molar-refractivity contribution < 1.29 is 33.7 Å². The van der Waals surface area contributed by atoms with Gasteiger partial charge in [0.15, 0.2) is 0 Å². The van der Waals surface area contributed by atoms with Crippen molar-refractivity contribution in [3.05, 3.63) is 59.7 Å². The fourth-order valence-electron chi connectivity index (χ4n) is 4.75. The Hall–Kier alpha value is -3.43. The molecule has 4 rings (SSSR count). The van der Waals surface area contributed by atoms with E-state index in [4.69, 9.17) is 14.2 Å². The number of carboxylic acid groups (broad SMARTS) is 1. The first-order valence-corrected chi connectivity index (χ1v) is 11.6. The third-order valence-electron chi connectivity index (χ3n) is 6.66. The number of methoxy groups -OCH3 is 1. The summed E-state index contributed by atoms with van der Waals surface area (Å²) in [7, 11) is 1.41. The summed E-state index contributed by atoms with van der Waals surface area (Å²) in [6, 6.07) is 15.0.